The van der Waals surface area contributed by atoms with Crippen molar-refractivity contribution in [3.05, 3.63) is 82.6 Å². The quantitative estimate of drug-likeness (QED) is 0.640. The van der Waals surface area contributed by atoms with Crippen LogP contribution >= 0.6 is 11.6 Å². The average molecular weight is 417 g/mol. The molecule has 1 aromatic heterocycles. The maximum Gasteiger partial charge on any atom is 0.230 e. The highest BCUT2D eigenvalue weighted by atomic mass is 35.5. The molecule has 9 heteroatoms. The second-order valence-electron chi connectivity index (χ2n) is 6.13. The molecule has 6 nitrogen and oxygen atoms in total. The number of nitrogens with one attached hydrogen (secondary N) is 2. The van der Waals surface area contributed by atoms with E-state index in [9.17, 15) is 18.4 Å². The van der Waals surface area contributed by atoms with Crippen LogP contribution in [0.5, 0.6) is 0 Å². The second kappa shape index (κ2) is 9.20. The molecular formula is C20H15ClF2N4O2. The number of hydrogen-bond donors (Lipinski definition) is 2. The summed E-state index contributed by atoms with van der Waals surface area (Å²) in [6.45, 7) is 0. The molecule has 2 N–H and O–H groups in total. The summed E-state index contributed by atoms with van der Waals surface area (Å²) in [6.07, 6.45) is 1.20. The van der Waals surface area contributed by atoms with Crippen LogP contribution in [-0.4, -0.2) is 22.0 Å². The molecule has 0 radical (unpaired) electrons. The summed E-state index contributed by atoms with van der Waals surface area (Å²) in [5.74, 6) is -1.64. The van der Waals surface area contributed by atoms with E-state index in [2.05, 4.69) is 20.8 Å². The Morgan fingerprint density at radius 3 is 2.24 bits per heavy atom. The van der Waals surface area contributed by atoms with Crippen LogP contribution in [-0.2, 0) is 22.4 Å². The first-order chi connectivity index (χ1) is 13.9. The minimum Gasteiger partial charge on any atom is -0.326 e. The molecule has 0 atom stereocenters. The lowest BCUT2D eigenvalue weighted by Crippen LogP contribution is -2.17. The predicted molar refractivity (Wildman–Crippen MR) is 105 cm³/mol. The summed E-state index contributed by atoms with van der Waals surface area (Å²) < 4.78 is 26.0. The fourth-order valence-corrected chi connectivity index (χ4v) is 2.75. The van der Waals surface area contributed by atoms with Gasteiger partial charge in [-0.1, -0.05) is 17.7 Å². The maximum atomic E-state index is 13.1. The van der Waals surface area contributed by atoms with Crippen LogP contribution in [0.3, 0.4) is 0 Å². The van der Waals surface area contributed by atoms with E-state index in [1.807, 2.05) is 0 Å². The molecule has 0 fully saturated rings. The summed E-state index contributed by atoms with van der Waals surface area (Å²) in [6, 6.07) is 10.7. The Kier molecular flexibility index (Phi) is 6.46. The number of nitrogens with zero attached hydrogens (tertiary/aromatic N) is 2. The third-order valence-electron chi connectivity index (χ3n) is 3.82. The number of rotatable bonds is 6. The summed E-state index contributed by atoms with van der Waals surface area (Å²) in [7, 11) is 0. The van der Waals surface area contributed by atoms with Crippen molar-refractivity contribution in [2.75, 3.05) is 10.6 Å². The number of carbonyl (C=O) groups excluding carboxylic acids is 2. The topological polar surface area (TPSA) is 84.0 Å². The molecule has 0 saturated heterocycles. The second-order valence-corrected chi connectivity index (χ2v) is 6.54. The lowest BCUT2D eigenvalue weighted by Gasteiger charge is -2.08. The number of anilines is 2. The van der Waals surface area contributed by atoms with Gasteiger partial charge in [0.25, 0.3) is 0 Å². The van der Waals surface area contributed by atoms with Gasteiger partial charge in [-0.25, -0.2) is 8.78 Å². The molecule has 1 heterocycles. The van der Waals surface area contributed by atoms with Crippen LogP contribution in [0.15, 0.2) is 54.7 Å². The minimum atomic E-state index is -0.485. The molecular weight excluding hydrogens is 402 g/mol. The number of hydrogen-bond acceptors (Lipinski definition) is 4. The molecule has 148 valence electrons. The Balaban J connectivity index is 1.59. The Hall–Kier alpha value is -3.39. The van der Waals surface area contributed by atoms with E-state index >= 15 is 0 Å². The van der Waals surface area contributed by atoms with Crippen molar-refractivity contribution in [1.29, 1.82) is 0 Å². The van der Waals surface area contributed by atoms with Crippen LogP contribution in [0.1, 0.15) is 11.3 Å². The van der Waals surface area contributed by atoms with Gasteiger partial charge in [-0.05, 0) is 48.0 Å². The summed E-state index contributed by atoms with van der Waals surface area (Å²) in [5, 5.41) is 13.0. The lowest BCUT2D eigenvalue weighted by atomic mass is 10.1. The monoisotopic (exact) mass is 416 g/mol. The minimum absolute atomic E-state index is 0.0537. The van der Waals surface area contributed by atoms with Crippen molar-refractivity contribution in [2.24, 2.45) is 0 Å². The molecule has 3 aromatic rings. The largest absolute Gasteiger partial charge is 0.326 e. The van der Waals surface area contributed by atoms with Crippen molar-refractivity contribution in [1.82, 2.24) is 10.2 Å². The highest BCUT2D eigenvalue weighted by Gasteiger charge is 2.11. The molecule has 2 amide bonds. The number of carbonyl (C=O) groups is 2. The molecule has 3 rings (SSSR count). The Morgan fingerprint density at radius 1 is 0.862 bits per heavy atom. The molecule has 0 spiro atoms. The van der Waals surface area contributed by atoms with E-state index < -0.39 is 11.6 Å². The van der Waals surface area contributed by atoms with Crippen molar-refractivity contribution in [3.63, 3.8) is 0 Å². The zero-order valence-electron chi connectivity index (χ0n) is 15.0. The first kappa shape index (κ1) is 20.3. The van der Waals surface area contributed by atoms with Gasteiger partial charge >= 0.3 is 0 Å². The Bertz CT molecular complexity index is 1040. The molecule has 0 saturated carbocycles. The normalized spacial score (nSPS) is 10.4. The van der Waals surface area contributed by atoms with Gasteiger partial charge in [0.2, 0.25) is 11.8 Å². The van der Waals surface area contributed by atoms with E-state index in [-0.39, 0.29) is 29.7 Å². The van der Waals surface area contributed by atoms with Crippen LogP contribution in [0, 0.1) is 11.6 Å². The van der Waals surface area contributed by atoms with E-state index in [1.54, 1.807) is 0 Å². The molecule has 29 heavy (non-hydrogen) atoms. The number of halogens is 3. The maximum absolute atomic E-state index is 13.1. The molecule has 0 unspecified atom stereocenters. The van der Waals surface area contributed by atoms with Crippen LogP contribution in [0.2, 0.25) is 5.02 Å². The van der Waals surface area contributed by atoms with E-state index in [1.165, 1.54) is 48.7 Å². The first-order valence-corrected chi connectivity index (χ1v) is 8.87. The zero-order chi connectivity index (χ0) is 20.8. The van der Waals surface area contributed by atoms with Gasteiger partial charge in [0.05, 0.1) is 30.4 Å². The molecule has 0 bridgehead atoms. The van der Waals surface area contributed by atoms with Crippen LogP contribution in [0.4, 0.5) is 20.2 Å². The SMILES string of the molecule is O=C(Cc1cc(NC(=O)Cc2ccc(F)cc2Cl)cnn1)Nc1ccc(F)cc1. The third-order valence-corrected chi connectivity index (χ3v) is 4.18. The highest BCUT2D eigenvalue weighted by molar-refractivity contribution is 6.31. The predicted octanol–water partition coefficient (Wildman–Crippen LogP) is 3.77. The lowest BCUT2D eigenvalue weighted by molar-refractivity contribution is -0.116. The fraction of sp³-hybridized carbons (Fsp3) is 0.100. The highest BCUT2D eigenvalue weighted by Crippen LogP contribution is 2.18. The average Bonchev–Trinajstić information content (AvgIpc) is 2.66. The molecule has 0 aliphatic rings. The van der Waals surface area contributed by atoms with Gasteiger partial charge in [-0.2, -0.15) is 10.2 Å². The third kappa shape index (κ3) is 6.05. The van der Waals surface area contributed by atoms with Crippen LogP contribution < -0.4 is 10.6 Å². The van der Waals surface area contributed by atoms with Gasteiger partial charge < -0.3 is 10.6 Å². The van der Waals surface area contributed by atoms with Crippen molar-refractivity contribution < 1.29 is 18.4 Å². The van der Waals surface area contributed by atoms with Gasteiger partial charge in [0, 0.05) is 10.7 Å². The number of amides is 2. The summed E-state index contributed by atoms with van der Waals surface area (Å²) >= 11 is 5.93. The number of aromatic nitrogens is 2. The smallest absolute Gasteiger partial charge is 0.230 e. The van der Waals surface area contributed by atoms with Crippen molar-refractivity contribution in [2.45, 2.75) is 12.8 Å². The molecule has 2 aromatic carbocycles. The zero-order valence-corrected chi connectivity index (χ0v) is 15.7. The van der Waals surface area contributed by atoms with Crippen molar-refractivity contribution in [3.8, 4) is 0 Å². The van der Waals surface area contributed by atoms with E-state index in [0.717, 1.165) is 6.07 Å². The van der Waals surface area contributed by atoms with E-state index in [4.69, 9.17) is 11.6 Å². The van der Waals surface area contributed by atoms with Gasteiger partial charge in [-0.3, -0.25) is 9.59 Å². The Morgan fingerprint density at radius 2 is 1.52 bits per heavy atom. The summed E-state index contributed by atoms with van der Waals surface area (Å²) in [5.41, 5.74) is 1.62. The van der Waals surface area contributed by atoms with Gasteiger partial charge in [-0.15, -0.1) is 0 Å². The fourth-order valence-electron chi connectivity index (χ4n) is 2.51. The summed E-state index contributed by atoms with van der Waals surface area (Å²) in [4.78, 5) is 24.3. The standard InChI is InChI=1S/C20H15ClF2N4O2/c21-18-8-14(23)2-1-12(18)7-19(28)26-17-9-16(27-24-11-17)10-20(29)25-15-5-3-13(22)4-6-15/h1-6,8-9,11H,7,10H2,(H,25,29)(H,26,27,28). The van der Waals surface area contributed by atoms with Gasteiger partial charge in [0.1, 0.15) is 11.6 Å². The number of benzene rings is 2. The Labute approximate surface area is 169 Å². The van der Waals surface area contributed by atoms with E-state index in [0.29, 0.717) is 22.6 Å². The van der Waals surface area contributed by atoms with Gasteiger partial charge in [0.15, 0.2) is 0 Å². The molecule has 0 aliphatic heterocycles. The van der Waals surface area contributed by atoms with Crippen molar-refractivity contribution >= 4 is 34.8 Å². The van der Waals surface area contributed by atoms with Crippen LogP contribution in [0.25, 0.3) is 0 Å². The first-order valence-electron chi connectivity index (χ1n) is 8.50. The molecule has 0 aliphatic carbocycles.